The number of hydrogen-bond donors (Lipinski definition) is 1. The first kappa shape index (κ1) is 18.9. The van der Waals surface area contributed by atoms with Crippen molar-refractivity contribution in [3.8, 4) is 28.1 Å². The van der Waals surface area contributed by atoms with Gasteiger partial charge in [-0.05, 0) is 18.6 Å². The van der Waals surface area contributed by atoms with E-state index in [0.29, 0.717) is 10.9 Å². The van der Waals surface area contributed by atoms with Crippen LogP contribution >= 0.6 is 11.3 Å². The van der Waals surface area contributed by atoms with Gasteiger partial charge < -0.3 is 4.74 Å². The molecule has 0 aliphatic carbocycles. The number of nitrogens with one attached hydrogen (secondary N) is 1. The number of carbonyl (C=O) groups excluding carboxylic acids is 1. The fourth-order valence-corrected chi connectivity index (χ4v) is 3.67. The molecule has 0 unspecified atom stereocenters. The number of ether oxygens (including phenoxy) is 1. The number of rotatable bonds is 6. The molecule has 0 fully saturated rings. The number of hydrogen-bond acceptors (Lipinski definition) is 4. The lowest BCUT2D eigenvalue weighted by molar-refractivity contribution is -0.118. The van der Waals surface area contributed by atoms with E-state index in [1.54, 1.807) is 0 Å². The third kappa shape index (κ3) is 4.70. The average molecular weight is 401 g/mol. The van der Waals surface area contributed by atoms with Gasteiger partial charge in [0, 0.05) is 16.5 Å². The number of carbonyl (C=O) groups is 1. The summed E-state index contributed by atoms with van der Waals surface area (Å²) >= 11 is 1.40. The van der Waals surface area contributed by atoms with E-state index in [-0.39, 0.29) is 12.5 Å². The van der Waals surface area contributed by atoms with E-state index in [1.165, 1.54) is 16.9 Å². The average Bonchev–Trinajstić information content (AvgIpc) is 3.22. The molecule has 4 aromatic rings. The third-order valence-electron chi connectivity index (χ3n) is 4.43. The second kappa shape index (κ2) is 8.71. The highest BCUT2D eigenvalue weighted by atomic mass is 32.1. The molecule has 0 aliphatic rings. The topological polar surface area (TPSA) is 51.2 Å². The van der Waals surface area contributed by atoms with Gasteiger partial charge in [0.15, 0.2) is 11.7 Å². The molecule has 4 rings (SSSR count). The van der Waals surface area contributed by atoms with E-state index in [0.717, 1.165) is 22.4 Å². The summed E-state index contributed by atoms with van der Waals surface area (Å²) in [6.07, 6.45) is 0. The van der Waals surface area contributed by atoms with Crippen LogP contribution in [0, 0.1) is 6.92 Å². The summed E-state index contributed by atoms with van der Waals surface area (Å²) in [6, 6.07) is 25.8. The first-order valence-corrected chi connectivity index (χ1v) is 10.2. The number of anilines is 1. The second-order valence-electron chi connectivity index (χ2n) is 6.60. The Kier molecular flexibility index (Phi) is 5.68. The van der Waals surface area contributed by atoms with Crippen LogP contribution in [0.2, 0.25) is 0 Å². The molecule has 0 spiro atoms. The minimum absolute atomic E-state index is 0.0801. The van der Waals surface area contributed by atoms with Gasteiger partial charge in [0.05, 0.1) is 5.69 Å². The molecule has 0 saturated heterocycles. The quantitative estimate of drug-likeness (QED) is 0.445. The number of para-hydroxylation sites is 1. The van der Waals surface area contributed by atoms with Gasteiger partial charge in [0.1, 0.15) is 5.75 Å². The number of thiazole rings is 1. The predicted molar refractivity (Wildman–Crippen MR) is 118 cm³/mol. The van der Waals surface area contributed by atoms with Gasteiger partial charge in [-0.1, -0.05) is 78.4 Å². The molecule has 3 aromatic carbocycles. The minimum Gasteiger partial charge on any atom is -0.483 e. The summed E-state index contributed by atoms with van der Waals surface area (Å²) in [5.41, 5.74) is 5.08. The van der Waals surface area contributed by atoms with Crippen molar-refractivity contribution in [3.05, 3.63) is 89.8 Å². The van der Waals surface area contributed by atoms with Gasteiger partial charge in [-0.15, -0.1) is 11.3 Å². The first-order valence-electron chi connectivity index (χ1n) is 9.29. The molecule has 4 nitrogen and oxygen atoms in total. The van der Waals surface area contributed by atoms with Crippen LogP contribution in [0.25, 0.3) is 22.4 Å². The zero-order valence-electron chi connectivity index (χ0n) is 16.0. The fraction of sp³-hybridized carbons (Fsp3) is 0.0833. The maximum atomic E-state index is 12.4. The summed E-state index contributed by atoms with van der Waals surface area (Å²) in [4.78, 5) is 16.9. The molecule has 1 aromatic heterocycles. The molecule has 0 saturated carbocycles. The Hall–Kier alpha value is -3.44. The number of aromatic nitrogens is 1. The summed E-state index contributed by atoms with van der Waals surface area (Å²) < 4.78 is 5.79. The van der Waals surface area contributed by atoms with Gasteiger partial charge in [0.2, 0.25) is 0 Å². The molecular weight excluding hydrogens is 380 g/mol. The Morgan fingerprint density at radius 3 is 2.45 bits per heavy atom. The van der Waals surface area contributed by atoms with Gasteiger partial charge >= 0.3 is 0 Å². The molecule has 1 amide bonds. The summed E-state index contributed by atoms with van der Waals surface area (Å²) in [5.74, 6) is 0.436. The molecule has 144 valence electrons. The number of amides is 1. The molecule has 0 bridgehead atoms. The Bertz CT molecular complexity index is 1110. The van der Waals surface area contributed by atoms with Gasteiger partial charge in [-0.2, -0.15) is 0 Å². The van der Waals surface area contributed by atoms with Crippen molar-refractivity contribution >= 4 is 22.4 Å². The van der Waals surface area contributed by atoms with Crippen LogP contribution in [-0.4, -0.2) is 17.5 Å². The van der Waals surface area contributed by atoms with Crippen molar-refractivity contribution < 1.29 is 9.53 Å². The molecule has 1 heterocycles. The fourth-order valence-electron chi connectivity index (χ4n) is 2.94. The van der Waals surface area contributed by atoms with Crippen LogP contribution < -0.4 is 10.1 Å². The highest BCUT2D eigenvalue weighted by Crippen LogP contribution is 2.29. The lowest BCUT2D eigenvalue weighted by atomic mass is 10.1. The summed E-state index contributed by atoms with van der Waals surface area (Å²) in [6.45, 7) is 1.97. The van der Waals surface area contributed by atoms with Crippen LogP contribution in [0.4, 0.5) is 5.13 Å². The van der Waals surface area contributed by atoms with E-state index in [2.05, 4.69) is 10.3 Å². The van der Waals surface area contributed by atoms with Crippen molar-refractivity contribution in [2.45, 2.75) is 6.92 Å². The zero-order valence-corrected chi connectivity index (χ0v) is 16.8. The third-order valence-corrected chi connectivity index (χ3v) is 5.19. The van der Waals surface area contributed by atoms with E-state index < -0.39 is 0 Å². The number of aryl methyl sites for hydroxylation is 1. The molecule has 29 heavy (non-hydrogen) atoms. The van der Waals surface area contributed by atoms with Crippen LogP contribution in [-0.2, 0) is 4.79 Å². The van der Waals surface area contributed by atoms with Crippen molar-refractivity contribution in [2.24, 2.45) is 0 Å². The maximum absolute atomic E-state index is 12.4. The molecule has 0 atom stereocenters. The van der Waals surface area contributed by atoms with E-state index in [9.17, 15) is 4.79 Å². The lowest BCUT2D eigenvalue weighted by Gasteiger charge is -2.11. The van der Waals surface area contributed by atoms with Gasteiger partial charge in [-0.3, -0.25) is 10.1 Å². The predicted octanol–water partition coefficient (Wildman–Crippen LogP) is 5.80. The molecule has 0 aliphatic heterocycles. The van der Waals surface area contributed by atoms with Crippen molar-refractivity contribution in [1.29, 1.82) is 0 Å². The van der Waals surface area contributed by atoms with Gasteiger partial charge in [-0.25, -0.2) is 4.98 Å². The number of benzene rings is 3. The zero-order chi connectivity index (χ0) is 20.1. The lowest BCUT2D eigenvalue weighted by Crippen LogP contribution is -2.20. The van der Waals surface area contributed by atoms with Crippen molar-refractivity contribution in [1.82, 2.24) is 4.98 Å². The van der Waals surface area contributed by atoms with E-state index >= 15 is 0 Å². The molecule has 1 N–H and O–H groups in total. The van der Waals surface area contributed by atoms with Crippen molar-refractivity contribution in [3.63, 3.8) is 0 Å². The highest BCUT2D eigenvalue weighted by Gasteiger charge is 2.11. The van der Waals surface area contributed by atoms with Crippen LogP contribution in [0.1, 0.15) is 5.56 Å². The Balaban J connectivity index is 1.40. The van der Waals surface area contributed by atoms with Gasteiger partial charge in [0.25, 0.3) is 5.91 Å². The van der Waals surface area contributed by atoms with Crippen LogP contribution in [0.5, 0.6) is 5.75 Å². The van der Waals surface area contributed by atoms with Crippen molar-refractivity contribution in [2.75, 3.05) is 11.9 Å². The molecule has 5 heteroatoms. The van der Waals surface area contributed by atoms with E-state index in [4.69, 9.17) is 4.74 Å². The summed E-state index contributed by atoms with van der Waals surface area (Å²) in [7, 11) is 0. The van der Waals surface area contributed by atoms with Crippen LogP contribution in [0.15, 0.2) is 84.2 Å². The van der Waals surface area contributed by atoms with E-state index in [1.807, 2.05) is 91.2 Å². The normalized spacial score (nSPS) is 10.5. The Morgan fingerprint density at radius 1 is 0.931 bits per heavy atom. The summed E-state index contributed by atoms with van der Waals surface area (Å²) in [5, 5.41) is 5.31. The standard InChI is InChI=1S/C24H20N2O2S/c1-17-11-13-19(14-12-17)21-16-29-24(25-21)26-23(27)15-28-22-10-6-5-9-20(22)18-7-3-2-4-8-18/h2-14,16H,15H2,1H3,(H,25,26,27). The molecular formula is C24H20N2O2S. The Morgan fingerprint density at radius 2 is 1.66 bits per heavy atom. The second-order valence-corrected chi connectivity index (χ2v) is 7.46. The highest BCUT2D eigenvalue weighted by molar-refractivity contribution is 7.14. The Labute approximate surface area is 173 Å². The largest absolute Gasteiger partial charge is 0.483 e. The monoisotopic (exact) mass is 400 g/mol. The maximum Gasteiger partial charge on any atom is 0.264 e. The van der Waals surface area contributed by atoms with Crippen LogP contribution in [0.3, 0.4) is 0 Å². The first-order chi connectivity index (χ1) is 14.2. The number of nitrogens with zero attached hydrogens (tertiary/aromatic N) is 1. The minimum atomic E-state index is -0.238. The smallest absolute Gasteiger partial charge is 0.264 e. The molecule has 0 radical (unpaired) electrons. The SMILES string of the molecule is Cc1ccc(-c2csc(NC(=O)COc3ccccc3-c3ccccc3)n2)cc1.